The van der Waals surface area contributed by atoms with Crippen LogP contribution in [0.5, 0.6) is 0 Å². The minimum absolute atomic E-state index is 0.141. The minimum Gasteiger partial charge on any atom is -0.381 e. The van der Waals surface area contributed by atoms with Crippen LogP contribution in [0.3, 0.4) is 0 Å². The van der Waals surface area contributed by atoms with Crippen LogP contribution in [0.4, 0.5) is 0 Å². The second-order valence-electron chi connectivity index (χ2n) is 6.94. The van der Waals surface area contributed by atoms with Crippen molar-refractivity contribution in [3.63, 3.8) is 0 Å². The van der Waals surface area contributed by atoms with Crippen molar-refractivity contribution in [1.29, 1.82) is 0 Å². The van der Waals surface area contributed by atoms with E-state index in [0.29, 0.717) is 42.3 Å². The first-order valence-corrected chi connectivity index (χ1v) is 11.3. The molecule has 1 unspecified atom stereocenters. The van der Waals surface area contributed by atoms with E-state index < -0.39 is 9.84 Å². The quantitative estimate of drug-likeness (QED) is 0.584. The van der Waals surface area contributed by atoms with Crippen LogP contribution in [-0.2, 0) is 21.1 Å². The molecule has 6 nitrogen and oxygen atoms in total. The molecule has 2 fully saturated rings. The summed E-state index contributed by atoms with van der Waals surface area (Å²) >= 11 is 6.22. The fourth-order valence-electron chi connectivity index (χ4n) is 3.25. The lowest BCUT2D eigenvalue weighted by atomic mass is 10.1. The zero-order valence-electron chi connectivity index (χ0n) is 14.8. The van der Waals surface area contributed by atoms with Crippen molar-refractivity contribution in [2.24, 2.45) is 10.9 Å². The van der Waals surface area contributed by atoms with Crippen LogP contribution in [0.1, 0.15) is 24.8 Å². The lowest BCUT2D eigenvalue weighted by Gasteiger charge is -2.25. The van der Waals surface area contributed by atoms with Crippen LogP contribution in [0, 0.1) is 5.92 Å². The molecule has 3 rings (SSSR count). The molecule has 0 saturated carbocycles. The Hall–Kier alpha value is -1.31. The van der Waals surface area contributed by atoms with Crippen molar-refractivity contribution in [3.05, 3.63) is 34.9 Å². The lowest BCUT2D eigenvalue weighted by molar-refractivity contribution is 0.0822. The second kappa shape index (κ2) is 9.06. The van der Waals surface area contributed by atoms with E-state index in [-0.39, 0.29) is 11.7 Å². The topological polar surface area (TPSA) is 79.8 Å². The van der Waals surface area contributed by atoms with E-state index in [1.165, 1.54) is 0 Å². The summed E-state index contributed by atoms with van der Waals surface area (Å²) in [4.78, 5) is 4.67. The summed E-state index contributed by atoms with van der Waals surface area (Å²) < 4.78 is 28.7. The maximum atomic E-state index is 11.6. The van der Waals surface area contributed by atoms with Crippen molar-refractivity contribution in [3.8, 4) is 0 Å². The number of nitrogens with one attached hydrogen (secondary N) is 2. The summed E-state index contributed by atoms with van der Waals surface area (Å²) in [5.41, 5.74) is 0.964. The van der Waals surface area contributed by atoms with Crippen molar-refractivity contribution < 1.29 is 13.2 Å². The largest absolute Gasteiger partial charge is 0.381 e. The first-order valence-electron chi connectivity index (χ1n) is 9.08. The van der Waals surface area contributed by atoms with Gasteiger partial charge in [-0.1, -0.05) is 29.8 Å². The molecule has 1 aromatic carbocycles. The third-order valence-electron chi connectivity index (χ3n) is 4.81. The van der Waals surface area contributed by atoms with Crippen LogP contribution >= 0.6 is 11.6 Å². The maximum Gasteiger partial charge on any atom is 0.191 e. The summed E-state index contributed by atoms with van der Waals surface area (Å²) in [6, 6.07) is 7.97. The third-order valence-corrected chi connectivity index (χ3v) is 7.02. The Kier molecular flexibility index (Phi) is 6.78. The van der Waals surface area contributed by atoms with E-state index in [0.717, 1.165) is 31.6 Å². The molecule has 26 heavy (non-hydrogen) atoms. The van der Waals surface area contributed by atoms with Gasteiger partial charge in [-0.05, 0) is 36.8 Å². The lowest BCUT2D eigenvalue weighted by Crippen LogP contribution is -2.47. The fourth-order valence-corrected chi connectivity index (χ4v) is 5.31. The number of hydrogen-bond donors (Lipinski definition) is 2. The van der Waals surface area contributed by atoms with Gasteiger partial charge in [-0.2, -0.15) is 0 Å². The van der Waals surface area contributed by atoms with Gasteiger partial charge in [0.25, 0.3) is 0 Å². The molecule has 2 N–H and O–H groups in total. The van der Waals surface area contributed by atoms with Gasteiger partial charge in [-0.25, -0.2) is 13.4 Å². The Labute approximate surface area is 160 Å². The van der Waals surface area contributed by atoms with E-state index >= 15 is 0 Å². The number of halogens is 1. The zero-order chi connectivity index (χ0) is 18.4. The molecule has 0 aromatic heterocycles. The van der Waals surface area contributed by atoms with Gasteiger partial charge in [-0.15, -0.1) is 0 Å². The highest BCUT2D eigenvalue weighted by atomic mass is 35.5. The molecule has 0 bridgehead atoms. The van der Waals surface area contributed by atoms with Crippen molar-refractivity contribution >= 4 is 27.4 Å². The summed E-state index contributed by atoms with van der Waals surface area (Å²) in [6.07, 6.45) is 2.58. The number of nitrogens with zero attached hydrogens (tertiary/aromatic N) is 1. The average molecular weight is 400 g/mol. The molecular weight excluding hydrogens is 374 g/mol. The molecule has 1 atom stereocenters. The van der Waals surface area contributed by atoms with Gasteiger partial charge in [0.1, 0.15) is 0 Å². The number of rotatable bonds is 5. The molecule has 0 amide bonds. The maximum absolute atomic E-state index is 11.6. The van der Waals surface area contributed by atoms with Crippen LogP contribution in [0.2, 0.25) is 5.02 Å². The highest BCUT2D eigenvalue weighted by Gasteiger charge is 2.28. The molecule has 2 aliphatic heterocycles. The molecule has 0 radical (unpaired) electrons. The van der Waals surface area contributed by atoms with Crippen molar-refractivity contribution in [2.45, 2.75) is 31.8 Å². The standard InChI is InChI=1S/C18H26ClN3O3S/c19-17-4-2-1-3-15(17)12-21-18(22-16-5-8-25-9-6-16)20-11-14-7-10-26(23,24)13-14/h1-4,14,16H,5-13H2,(H2,20,21,22). The van der Waals surface area contributed by atoms with Crippen molar-refractivity contribution in [2.75, 3.05) is 31.3 Å². The van der Waals surface area contributed by atoms with Crippen LogP contribution in [-0.4, -0.2) is 51.7 Å². The monoisotopic (exact) mass is 399 g/mol. The predicted octanol–water partition coefficient (Wildman–Crippen LogP) is 1.99. The van der Waals surface area contributed by atoms with E-state index in [4.69, 9.17) is 16.3 Å². The highest BCUT2D eigenvalue weighted by molar-refractivity contribution is 7.91. The molecule has 0 aliphatic carbocycles. The Balaban J connectivity index is 1.62. The molecule has 2 saturated heterocycles. The first kappa shape index (κ1) is 19.5. The minimum atomic E-state index is -2.87. The number of hydrogen-bond acceptors (Lipinski definition) is 4. The van der Waals surface area contributed by atoms with E-state index in [9.17, 15) is 8.42 Å². The zero-order valence-corrected chi connectivity index (χ0v) is 16.4. The Bertz CT molecular complexity index is 733. The van der Waals surface area contributed by atoms with E-state index in [1.54, 1.807) is 0 Å². The van der Waals surface area contributed by atoms with Gasteiger partial charge in [0.2, 0.25) is 0 Å². The molecule has 2 aliphatic rings. The van der Waals surface area contributed by atoms with E-state index in [1.807, 2.05) is 24.3 Å². The average Bonchev–Trinajstić information content (AvgIpc) is 2.98. The van der Waals surface area contributed by atoms with Gasteiger partial charge >= 0.3 is 0 Å². The molecule has 8 heteroatoms. The van der Waals surface area contributed by atoms with Gasteiger partial charge in [0.15, 0.2) is 15.8 Å². The molecule has 144 valence electrons. The number of ether oxygens (including phenoxy) is 1. The second-order valence-corrected chi connectivity index (χ2v) is 9.57. The summed E-state index contributed by atoms with van der Waals surface area (Å²) in [7, 11) is -2.87. The first-order chi connectivity index (χ1) is 12.5. The Morgan fingerprint density at radius 1 is 1.23 bits per heavy atom. The number of guanidine groups is 1. The molecule has 0 spiro atoms. The van der Waals surface area contributed by atoms with Gasteiger partial charge in [-0.3, -0.25) is 0 Å². The van der Waals surface area contributed by atoms with Crippen LogP contribution < -0.4 is 10.6 Å². The highest BCUT2D eigenvalue weighted by Crippen LogP contribution is 2.18. The van der Waals surface area contributed by atoms with Crippen molar-refractivity contribution in [1.82, 2.24) is 10.6 Å². The molecule has 2 heterocycles. The predicted molar refractivity (Wildman–Crippen MR) is 104 cm³/mol. The smallest absolute Gasteiger partial charge is 0.191 e. The number of sulfone groups is 1. The summed E-state index contributed by atoms with van der Waals surface area (Å²) in [5.74, 6) is 1.40. The summed E-state index contributed by atoms with van der Waals surface area (Å²) in [5, 5.41) is 7.48. The number of benzene rings is 1. The Morgan fingerprint density at radius 3 is 2.69 bits per heavy atom. The molecular formula is C18H26ClN3O3S. The van der Waals surface area contributed by atoms with Crippen LogP contribution in [0.25, 0.3) is 0 Å². The SMILES string of the molecule is O=S1(=O)CCC(CNC(=NCc2ccccc2Cl)NC2CCOCC2)C1. The van der Waals surface area contributed by atoms with E-state index in [2.05, 4.69) is 15.6 Å². The Morgan fingerprint density at radius 2 is 2.00 bits per heavy atom. The van der Waals surface area contributed by atoms with Crippen LogP contribution in [0.15, 0.2) is 29.3 Å². The third kappa shape index (κ3) is 5.86. The summed E-state index contributed by atoms with van der Waals surface area (Å²) in [6.45, 7) is 2.57. The van der Waals surface area contributed by atoms with Gasteiger partial charge in [0, 0.05) is 30.8 Å². The number of aliphatic imine (C=N–C) groups is 1. The normalized spacial score (nSPS) is 23.7. The fraction of sp³-hybridized carbons (Fsp3) is 0.611. The van der Waals surface area contributed by atoms with Gasteiger partial charge in [0.05, 0.1) is 18.1 Å². The molecule has 1 aromatic rings. The van der Waals surface area contributed by atoms with Gasteiger partial charge < -0.3 is 15.4 Å².